The highest BCUT2D eigenvalue weighted by molar-refractivity contribution is 6.00. The van der Waals surface area contributed by atoms with Crippen molar-refractivity contribution in [2.45, 2.75) is 26.7 Å². The van der Waals surface area contributed by atoms with Gasteiger partial charge < -0.3 is 9.80 Å². The molecule has 0 spiro atoms. The Labute approximate surface area is 114 Å². The highest BCUT2D eigenvalue weighted by Crippen LogP contribution is 2.27. The molecule has 0 bridgehead atoms. The summed E-state index contributed by atoms with van der Waals surface area (Å²) in [5.74, 6) is 0.0502. The van der Waals surface area contributed by atoms with Crippen molar-refractivity contribution in [3.8, 4) is 0 Å². The minimum atomic E-state index is 0.00931. The van der Waals surface area contributed by atoms with Gasteiger partial charge >= 0.3 is 0 Å². The van der Waals surface area contributed by atoms with E-state index in [-0.39, 0.29) is 18.4 Å². The van der Waals surface area contributed by atoms with Crippen LogP contribution < -0.4 is 4.90 Å². The summed E-state index contributed by atoms with van der Waals surface area (Å²) < 4.78 is 0. The van der Waals surface area contributed by atoms with Crippen molar-refractivity contribution in [1.82, 2.24) is 4.90 Å². The molecule has 0 unspecified atom stereocenters. The summed E-state index contributed by atoms with van der Waals surface area (Å²) in [5, 5.41) is 0. The maximum atomic E-state index is 12.2. The van der Waals surface area contributed by atoms with E-state index in [1.54, 1.807) is 9.80 Å². The lowest BCUT2D eigenvalue weighted by atomic mass is 10.0. The van der Waals surface area contributed by atoms with Crippen LogP contribution in [-0.4, -0.2) is 36.3 Å². The molecule has 4 nitrogen and oxygen atoms in total. The number of carbonyl (C=O) groups excluding carboxylic acids is 2. The Balaban J connectivity index is 2.20. The van der Waals surface area contributed by atoms with E-state index in [4.69, 9.17) is 0 Å². The standard InChI is InChI=1S/C15H20N2O2/c1-3-16(4-2)15(19)11-17-13-8-6-5-7-12(13)9-10-14(17)18/h5-8H,3-4,9-11H2,1-2H3. The third kappa shape index (κ3) is 2.78. The smallest absolute Gasteiger partial charge is 0.242 e. The van der Waals surface area contributed by atoms with E-state index in [2.05, 4.69) is 0 Å². The van der Waals surface area contributed by atoms with E-state index in [9.17, 15) is 9.59 Å². The Morgan fingerprint density at radius 1 is 1.21 bits per heavy atom. The summed E-state index contributed by atoms with van der Waals surface area (Å²) >= 11 is 0. The second-order valence-electron chi connectivity index (χ2n) is 4.67. The van der Waals surface area contributed by atoms with Crippen molar-refractivity contribution in [2.75, 3.05) is 24.5 Å². The van der Waals surface area contributed by atoms with Crippen LogP contribution in [0.4, 0.5) is 5.69 Å². The van der Waals surface area contributed by atoms with Crippen molar-refractivity contribution in [1.29, 1.82) is 0 Å². The quantitative estimate of drug-likeness (QED) is 0.828. The topological polar surface area (TPSA) is 40.6 Å². The number of nitrogens with zero attached hydrogens (tertiary/aromatic N) is 2. The lowest BCUT2D eigenvalue weighted by Crippen LogP contribution is -2.44. The summed E-state index contributed by atoms with van der Waals surface area (Å²) in [6.07, 6.45) is 1.26. The largest absolute Gasteiger partial charge is 0.342 e. The van der Waals surface area contributed by atoms with Gasteiger partial charge in [0.25, 0.3) is 0 Å². The first-order valence-corrected chi connectivity index (χ1v) is 6.83. The molecule has 0 radical (unpaired) electrons. The summed E-state index contributed by atoms with van der Waals surface area (Å²) in [4.78, 5) is 27.6. The van der Waals surface area contributed by atoms with Gasteiger partial charge in [-0.15, -0.1) is 0 Å². The number of hydrogen-bond donors (Lipinski definition) is 0. The Morgan fingerprint density at radius 3 is 2.58 bits per heavy atom. The van der Waals surface area contributed by atoms with Crippen LogP contribution in [0.25, 0.3) is 0 Å². The molecule has 0 atom stereocenters. The number of aryl methyl sites for hydroxylation is 1. The molecule has 2 rings (SSSR count). The van der Waals surface area contributed by atoms with Gasteiger partial charge in [0.15, 0.2) is 0 Å². The number of amides is 2. The van der Waals surface area contributed by atoms with Crippen LogP contribution in [0.15, 0.2) is 24.3 Å². The van der Waals surface area contributed by atoms with Gasteiger partial charge in [0.05, 0.1) is 0 Å². The van der Waals surface area contributed by atoms with Crippen molar-refractivity contribution in [3.63, 3.8) is 0 Å². The number of hydrogen-bond acceptors (Lipinski definition) is 2. The van der Waals surface area contributed by atoms with Crippen LogP contribution in [0.5, 0.6) is 0 Å². The second kappa shape index (κ2) is 5.87. The van der Waals surface area contributed by atoms with Gasteiger partial charge in [0.1, 0.15) is 6.54 Å². The van der Waals surface area contributed by atoms with Crippen molar-refractivity contribution in [2.24, 2.45) is 0 Å². The number of likely N-dealkylation sites (N-methyl/N-ethyl adjacent to an activating group) is 1. The van der Waals surface area contributed by atoms with Gasteiger partial charge in [-0.3, -0.25) is 9.59 Å². The number of benzene rings is 1. The van der Waals surface area contributed by atoms with Crippen LogP contribution in [-0.2, 0) is 16.0 Å². The molecule has 2 amide bonds. The number of rotatable bonds is 4. The predicted octanol–water partition coefficient (Wildman–Crippen LogP) is 1.83. The van der Waals surface area contributed by atoms with E-state index in [1.165, 1.54) is 0 Å². The number of fused-ring (bicyclic) bond motifs is 1. The molecule has 1 aliphatic heterocycles. The normalized spacial score (nSPS) is 14.2. The monoisotopic (exact) mass is 260 g/mol. The molecular weight excluding hydrogens is 240 g/mol. The molecular formula is C15H20N2O2. The molecule has 4 heteroatoms. The molecule has 102 valence electrons. The van der Waals surface area contributed by atoms with Gasteiger partial charge in [-0.1, -0.05) is 18.2 Å². The Kier molecular flexibility index (Phi) is 4.20. The molecule has 1 aromatic carbocycles. The lowest BCUT2D eigenvalue weighted by Gasteiger charge is -2.30. The van der Waals surface area contributed by atoms with Crippen LogP contribution in [0.2, 0.25) is 0 Å². The molecule has 0 N–H and O–H groups in total. The van der Waals surface area contributed by atoms with Gasteiger partial charge in [0.2, 0.25) is 11.8 Å². The molecule has 0 aromatic heterocycles. The van der Waals surface area contributed by atoms with Crippen LogP contribution in [0.1, 0.15) is 25.8 Å². The molecule has 1 heterocycles. The fourth-order valence-corrected chi connectivity index (χ4v) is 2.48. The van der Waals surface area contributed by atoms with Gasteiger partial charge in [0, 0.05) is 25.2 Å². The summed E-state index contributed by atoms with van der Waals surface area (Å²) in [6.45, 7) is 5.41. The SMILES string of the molecule is CCN(CC)C(=O)CN1C(=O)CCc2ccccc21. The zero-order valence-electron chi connectivity index (χ0n) is 11.6. The number of anilines is 1. The van der Waals surface area contributed by atoms with E-state index in [1.807, 2.05) is 38.1 Å². The summed E-state index contributed by atoms with van der Waals surface area (Å²) in [6, 6.07) is 7.82. The molecule has 1 aromatic rings. The van der Waals surface area contributed by atoms with Crippen LogP contribution >= 0.6 is 0 Å². The molecule has 19 heavy (non-hydrogen) atoms. The molecule has 0 fully saturated rings. The van der Waals surface area contributed by atoms with Gasteiger partial charge in [-0.2, -0.15) is 0 Å². The highest BCUT2D eigenvalue weighted by Gasteiger charge is 2.26. The molecule has 0 saturated heterocycles. The average molecular weight is 260 g/mol. The third-order valence-corrected chi connectivity index (χ3v) is 3.60. The highest BCUT2D eigenvalue weighted by atomic mass is 16.2. The molecule has 0 aliphatic carbocycles. The van der Waals surface area contributed by atoms with E-state index >= 15 is 0 Å². The fourth-order valence-electron chi connectivity index (χ4n) is 2.48. The zero-order chi connectivity index (χ0) is 13.8. The maximum absolute atomic E-state index is 12.2. The Bertz CT molecular complexity index is 481. The predicted molar refractivity (Wildman–Crippen MR) is 75.0 cm³/mol. The average Bonchev–Trinajstić information content (AvgIpc) is 2.43. The van der Waals surface area contributed by atoms with E-state index in [0.717, 1.165) is 17.7 Å². The van der Waals surface area contributed by atoms with Gasteiger partial charge in [-0.05, 0) is 31.9 Å². The lowest BCUT2D eigenvalue weighted by molar-refractivity contribution is -0.131. The van der Waals surface area contributed by atoms with E-state index in [0.29, 0.717) is 19.5 Å². The maximum Gasteiger partial charge on any atom is 0.242 e. The van der Waals surface area contributed by atoms with Crippen molar-refractivity contribution < 1.29 is 9.59 Å². The summed E-state index contributed by atoms with van der Waals surface area (Å²) in [7, 11) is 0. The zero-order valence-corrected chi connectivity index (χ0v) is 11.6. The minimum Gasteiger partial charge on any atom is -0.342 e. The van der Waals surface area contributed by atoms with Crippen LogP contribution in [0.3, 0.4) is 0 Å². The second-order valence-corrected chi connectivity index (χ2v) is 4.67. The minimum absolute atomic E-state index is 0.00931. The molecule has 1 aliphatic rings. The molecule has 0 saturated carbocycles. The third-order valence-electron chi connectivity index (χ3n) is 3.60. The van der Waals surface area contributed by atoms with Crippen molar-refractivity contribution >= 4 is 17.5 Å². The van der Waals surface area contributed by atoms with Crippen molar-refractivity contribution in [3.05, 3.63) is 29.8 Å². The first-order chi connectivity index (χ1) is 9.17. The number of para-hydroxylation sites is 1. The Morgan fingerprint density at radius 2 is 1.89 bits per heavy atom. The summed E-state index contributed by atoms with van der Waals surface area (Å²) in [5.41, 5.74) is 2.04. The van der Waals surface area contributed by atoms with Gasteiger partial charge in [-0.25, -0.2) is 0 Å². The van der Waals surface area contributed by atoms with Crippen LogP contribution in [0, 0.1) is 0 Å². The first-order valence-electron chi connectivity index (χ1n) is 6.83. The van der Waals surface area contributed by atoms with E-state index < -0.39 is 0 Å². The fraction of sp³-hybridized carbons (Fsp3) is 0.467. The number of carbonyl (C=O) groups is 2. The Hall–Kier alpha value is -1.84. The first kappa shape index (κ1) is 13.6.